The summed E-state index contributed by atoms with van der Waals surface area (Å²) >= 11 is 0. The Hall–Kier alpha value is -2.78. The summed E-state index contributed by atoms with van der Waals surface area (Å²) in [6.45, 7) is 8.95. The van der Waals surface area contributed by atoms with Gasteiger partial charge in [-0.05, 0) is 55.5 Å². The van der Waals surface area contributed by atoms with Crippen LogP contribution < -0.4 is 0 Å². The minimum atomic E-state index is -0.366. The zero-order chi connectivity index (χ0) is 21.3. The minimum Gasteiger partial charge on any atom is -0.498 e. The molecular formula is C27H31NO2. The molecule has 0 radical (unpaired) electrons. The monoisotopic (exact) mass is 401 g/mol. The Kier molecular flexibility index (Phi) is 5.83. The maximum absolute atomic E-state index is 9.66. The van der Waals surface area contributed by atoms with Crippen LogP contribution in [-0.2, 0) is 4.74 Å². The van der Waals surface area contributed by atoms with Crippen molar-refractivity contribution in [1.29, 1.82) is 0 Å². The first-order valence-electron chi connectivity index (χ1n) is 10.8. The maximum atomic E-state index is 9.66. The third-order valence-corrected chi connectivity index (χ3v) is 5.85. The molecule has 0 bridgehead atoms. The van der Waals surface area contributed by atoms with E-state index in [0.717, 1.165) is 6.54 Å². The van der Waals surface area contributed by atoms with Gasteiger partial charge in [-0.15, -0.1) is 0 Å². The average Bonchev–Trinajstić information content (AvgIpc) is 2.71. The van der Waals surface area contributed by atoms with Gasteiger partial charge >= 0.3 is 0 Å². The Morgan fingerprint density at radius 1 is 1.17 bits per heavy atom. The van der Waals surface area contributed by atoms with Crippen LogP contribution in [0, 0.1) is 13.8 Å². The van der Waals surface area contributed by atoms with Gasteiger partial charge in [-0.3, -0.25) is 0 Å². The molecule has 0 spiro atoms. The molecule has 3 unspecified atom stereocenters. The van der Waals surface area contributed by atoms with Gasteiger partial charge in [0.25, 0.3) is 0 Å². The van der Waals surface area contributed by atoms with E-state index in [0.29, 0.717) is 6.42 Å². The van der Waals surface area contributed by atoms with Crippen LogP contribution in [0.3, 0.4) is 0 Å². The van der Waals surface area contributed by atoms with Gasteiger partial charge in [0.2, 0.25) is 0 Å². The van der Waals surface area contributed by atoms with E-state index < -0.39 is 0 Å². The van der Waals surface area contributed by atoms with Gasteiger partial charge in [0.1, 0.15) is 0 Å². The van der Waals surface area contributed by atoms with Gasteiger partial charge in [0.05, 0.1) is 24.5 Å². The molecule has 2 aliphatic rings. The summed E-state index contributed by atoms with van der Waals surface area (Å²) < 4.78 is 6.04. The lowest BCUT2D eigenvalue weighted by atomic mass is 9.84. The third-order valence-electron chi connectivity index (χ3n) is 5.85. The van der Waals surface area contributed by atoms with Crippen LogP contribution >= 0.6 is 0 Å². The quantitative estimate of drug-likeness (QED) is 0.644. The van der Waals surface area contributed by atoms with Crippen molar-refractivity contribution in [2.75, 3.05) is 6.54 Å². The zero-order valence-electron chi connectivity index (χ0n) is 18.3. The molecule has 0 saturated heterocycles. The van der Waals surface area contributed by atoms with Crippen molar-refractivity contribution in [2.24, 2.45) is 0 Å². The molecule has 0 saturated carbocycles. The maximum Gasteiger partial charge on any atom is 0.0975 e. The van der Waals surface area contributed by atoms with Gasteiger partial charge in [-0.25, -0.2) is 0 Å². The molecule has 156 valence electrons. The Morgan fingerprint density at radius 2 is 1.93 bits per heavy atom. The number of hydrogen-bond acceptors (Lipinski definition) is 3. The number of aryl methyl sites for hydroxylation is 2. The number of hydrogen-bond donors (Lipinski definition) is 1. The van der Waals surface area contributed by atoms with Crippen molar-refractivity contribution in [3.8, 4) is 0 Å². The van der Waals surface area contributed by atoms with Gasteiger partial charge in [-0.1, -0.05) is 60.2 Å². The normalized spacial score (nSPS) is 21.0. The van der Waals surface area contributed by atoms with Crippen molar-refractivity contribution < 1.29 is 9.84 Å². The van der Waals surface area contributed by atoms with Gasteiger partial charge in [-0.2, -0.15) is 0 Å². The fraction of sp³-hybridized carbons (Fsp3) is 0.333. The van der Waals surface area contributed by atoms with Crippen LogP contribution in [0.5, 0.6) is 0 Å². The van der Waals surface area contributed by atoms with E-state index in [4.69, 9.17) is 4.74 Å². The number of ether oxygens (including phenoxy) is 1. The zero-order valence-corrected chi connectivity index (χ0v) is 18.3. The van der Waals surface area contributed by atoms with Crippen LogP contribution in [-0.4, -0.2) is 28.8 Å². The smallest absolute Gasteiger partial charge is 0.0975 e. The molecule has 0 fully saturated rings. The van der Waals surface area contributed by atoms with E-state index in [9.17, 15) is 5.11 Å². The largest absolute Gasteiger partial charge is 0.498 e. The number of rotatable bonds is 5. The van der Waals surface area contributed by atoms with Crippen molar-refractivity contribution in [1.82, 2.24) is 4.90 Å². The van der Waals surface area contributed by atoms with Gasteiger partial charge < -0.3 is 14.7 Å². The number of benzene rings is 2. The summed E-state index contributed by atoms with van der Waals surface area (Å²) in [5, 5.41) is 9.66. The molecule has 2 aliphatic heterocycles. The van der Waals surface area contributed by atoms with Gasteiger partial charge in [0, 0.05) is 24.7 Å². The van der Waals surface area contributed by atoms with Gasteiger partial charge in [0.15, 0.2) is 0 Å². The Labute approximate surface area is 180 Å². The van der Waals surface area contributed by atoms with E-state index in [1.807, 2.05) is 13.2 Å². The molecule has 0 amide bonds. The molecule has 4 rings (SSSR count). The molecular weight excluding hydrogens is 370 g/mol. The second-order valence-corrected chi connectivity index (χ2v) is 8.65. The van der Waals surface area contributed by atoms with E-state index in [1.54, 1.807) is 6.92 Å². The molecule has 0 aliphatic carbocycles. The lowest BCUT2D eigenvalue weighted by Crippen LogP contribution is -2.32. The highest BCUT2D eigenvalue weighted by Gasteiger charge is 2.30. The molecule has 30 heavy (non-hydrogen) atoms. The molecule has 2 heterocycles. The van der Waals surface area contributed by atoms with Crippen molar-refractivity contribution >= 4 is 11.1 Å². The summed E-state index contributed by atoms with van der Waals surface area (Å²) in [6, 6.07) is 15.3. The fourth-order valence-corrected chi connectivity index (χ4v) is 4.61. The summed E-state index contributed by atoms with van der Waals surface area (Å²) in [7, 11) is 0. The van der Waals surface area contributed by atoms with Crippen LogP contribution in [0.1, 0.15) is 54.1 Å². The highest BCUT2D eigenvalue weighted by molar-refractivity contribution is 5.79. The highest BCUT2D eigenvalue weighted by Crippen LogP contribution is 2.42. The second-order valence-electron chi connectivity index (χ2n) is 8.65. The molecule has 2 aromatic rings. The van der Waals surface area contributed by atoms with Crippen molar-refractivity contribution in [3.05, 3.63) is 94.9 Å². The van der Waals surface area contributed by atoms with E-state index >= 15 is 0 Å². The molecule has 0 aromatic heterocycles. The second kappa shape index (κ2) is 8.53. The molecule has 3 heteroatoms. The van der Waals surface area contributed by atoms with Crippen LogP contribution in [0.15, 0.2) is 67.1 Å². The Balaban J connectivity index is 1.71. The number of aliphatic hydroxyl groups excluding tert-OH is 1. The molecule has 2 aromatic carbocycles. The Morgan fingerprint density at radius 3 is 2.67 bits per heavy atom. The number of fused-ring (bicyclic) bond motifs is 3. The number of allylic oxidation sites excluding steroid dienone is 2. The molecule has 3 atom stereocenters. The first kappa shape index (κ1) is 20.5. The van der Waals surface area contributed by atoms with Crippen LogP contribution in [0.4, 0.5) is 0 Å². The molecule has 3 nitrogen and oxygen atoms in total. The first-order chi connectivity index (χ1) is 14.4. The first-order valence-corrected chi connectivity index (χ1v) is 10.8. The Bertz CT molecular complexity index is 1000. The predicted octanol–water partition coefficient (Wildman–Crippen LogP) is 5.79. The van der Waals surface area contributed by atoms with E-state index in [1.165, 1.54) is 39.0 Å². The average molecular weight is 402 g/mol. The third kappa shape index (κ3) is 4.22. The highest BCUT2D eigenvalue weighted by atomic mass is 16.5. The summed E-state index contributed by atoms with van der Waals surface area (Å²) in [5.74, 6) is 0. The number of aliphatic hydroxyl groups is 1. The number of nitrogens with zero attached hydrogens (tertiary/aromatic N) is 1. The summed E-state index contributed by atoms with van der Waals surface area (Å²) in [6.07, 6.45) is 8.97. The lowest BCUT2D eigenvalue weighted by molar-refractivity contribution is 0.0879. The topological polar surface area (TPSA) is 32.7 Å². The van der Waals surface area contributed by atoms with E-state index in [2.05, 4.69) is 79.6 Å². The van der Waals surface area contributed by atoms with Crippen LogP contribution in [0.2, 0.25) is 0 Å². The fourth-order valence-electron chi connectivity index (χ4n) is 4.61. The SMILES string of the molecule is Cc1cc(C)c2c(c1)C1C=CC(c3ccccc3)=CN1C/C2=C\OC(C)CC(C)O. The van der Waals surface area contributed by atoms with Crippen LogP contribution in [0.25, 0.3) is 11.1 Å². The summed E-state index contributed by atoms with van der Waals surface area (Å²) in [4.78, 5) is 2.40. The van der Waals surface area contributed by atoms with E-state index in [-0.39, 0.29) is 18.2 Å². The summed E-state index contributed by atoms with van der Waals surface area (Å²) in [5.41, 5.74) is 8.84. The van der Waals surface area contributed by atoms with Crippen molar-refractivity contribution in [3.63, 3.8) is 0 Å². The lowest BCUT2D eigenvalue weighted by Gasteiger charge is -2.39. The minimum absolute atomic E-state index is 0.0268. The molecule has 1 N–H and O–H groups in total. The van der Waals surface area contributed by atoms with Crippen molar-refractivity contribution in [2.45, 2.75) is 52.4 Å². The predicted molar refractivity (Wildman–Crippen MR) is 124 cm³/mol. The standard InChI is InChI=1S/C27H31NO2/c1-18-12-19(2)27-24(17-30-21(4)14-20(3)29)16-28-15-23(22-8-6-5-7-9-22)10-11-26(28)25(27)13-18/h5-13,15,17,20-21,26,29H,14,16H2,1-4H3/b24-17+.